The molecular weight excluding hydrogens is 848 g/mol. The van der Waals surface area contributed by atoms with Gasteiger partial charge < -0.3 is 0 Å². The predicted octanol–water partition coefficient (Wildman–Crippen LogP) is 17.8. The maximum absolute atomic E-state index is 9.40. The Balaban J connectivity index is -0.000000140. The van der Waals surface area contributed by atoms with E-state index in [1.165, 1.54) is 70.8 Å². The van der Waals surface area contributed by atoms with E-state index in [1.807, 2.05) is 41.5 Å². The lowest BCUT2D eigenvalue weighted by Gasteiger charge is -1.92. The van der Waals surface area contributed by atoms with Gasteiger partial charge in [-0.3, -0.25) is 4.55 Å². The van der Waals surface area contributed by atoms with Crippen LogP contribution < -0.4 is 0 Å². The zero-order valence-electron chi connectivity index (χ0n) is 39.2. The van der Waals surface area contributed by atoms with Gasteiger partial charge in [0.2, 0.25) is 9.05 Å². The van der Waals surface area contributed by atoms with Crippen LogP contribution in [0.4, 0.5) is 0 Å². The summed E-state index contributed by atoms with van der Waals surface area (Å²) < 4.78 is 44.0. The lowest BCUT2D eigenvalue weighted by atomic mass is 10.1. The molecule has 10 heteroatoms. The smallest absolute Gasteiger partial charge is 0.273 e. The first kappa shape index (κ1) is 68.6. The lowest BCUT2D eigenvalue weighted by Crippen LogP contribution is -1.77. The molecule has 6 aromatic carbocycles. The number of hydrogen-bond acceptors (Lipinski definition) is 5. The molecule has 0 heterocycles. The van der Waals surface area contributed by atoms with Crippen LogP contribution in [-0.4, -0.2) is 33.9 Å². The normalized spacial score (nSPS) is 8.83. The van der Waals surface area contributed by atoms with Crippen LogP contribution in [0.2, 0.25) is 0 Å². The molecule has 0 aliphatic rings. The van der Waals surface area contributed by atoms with Gasteiger partial charge in [0.05, 0.1) is 6.26 Å². The van der Waals surface area contributed by atoms with Crippen LogP contribution in [0.15, 0.2) is 146 Å². The molecule has 0 bridgehead atoms. The standard InChI is InChI=1S/3C10H8.3C4H10.3C2H6.CH3ClO2S.CH4S.ClHO3S/c3*1-2-6-10-8-4-3-7-9(10)5-1;3*1-3-4-2;3*1-2;1-5(2,3)4;1-2;1-5(2,3)4/h3*1-8H;3*3-4H2,1-2H3;3*1-2H3;1H3;2H,1H3;(H,2,3,4). The molecule has 0 amide bonds. The van der Waals surface area contributed by atoms with Crippen molar-refractivity contribution >= 4 is 84.7 Å². The van der Waals surface area contributed by atoms with Gasteiger partial charge in [0.25, 0.3) is 0 Å². The third-order valence-electron chi connectivity index (χ3n) is 6.48. The zero-order valence-corrected chi connectivity index (χ0v) is 43.2. The van der Waals surface area contributed by atoms with Gasteiger partial charge in [-0.1, -0.05) is 267 Å². The van der Waals surface area contributed by atoms with Gasteiger partial charge in [-0.25, -0.2) is 8.42 Å². The van der Waals surface area contributed by atoms with Gasteiger partial charge in [0, 0.05) is 21.4 Å². The highest BCUT2D eigenvalue weighted by molar-refractivity contribution is 8.13. The number of thiol groups is 1. The van der Waals surface area contributed by atoms with Crippen LogP contribution in [0.1, 0.15) is 122 Å². The SMILES string of the molecule is CC.CC.CC.CCCC.CCCC.CCCC.CS.CS(=O)(=O)Cl.O=S(=O)(O)Cl.c1ccc2ccccc2c1.c1ccc2ccccc2c1.c1ccc2ccccc2c1. The Hall–Kier alpha value is -3.11. The summed E-state index contributed by atoms with van der Waals surface area (Å²) in [6.07, 6.45) is 10.5. The van der Waals surface area contributed by atoms with Gasteiger partial charge >= 0.3 is 9.33 Å². The Morgan fingerprint density at radius 1 is 0.367 bits per heavy atom. The second-order valence-corrected chi connectivity index (χ2v) is 16.2. The van der Waals surface area contributed by atoms with E-state index >= 15 is 0 Å². The minimum Gasteiger partial charge on any atom is -0.273 e. The van der Waals surface area contributed by atoms with Crippen LogP contribution in [0.5, 0.6) is 0 Å². The molecule has 0 saturated heterocycles. The van der Waals surface area contributed by atoms with Crippen LogP contribution in [0, 0.1) is 0 Å². The minimum absolute atomic E-state index is 0.925. The van der Waals surface area contributed by atoms with Crippen LogP contribution in [-0.2, 0) is 18.4 Å². The van der Waals surface area contributed by atoms with Crippen LogP contribution in [0.3, 0.4) is 0 Å². The van der Waals surface area contributed by atoms with Gasteiger partial charge in [-0.15, -0.1) is 0 Å². The summed E-state index contributed by atoms with van der Waals surface area (Å²) in [5.41, 5.74) is 0. The van der Waals surface area contributed by atoms with E-state index in [-0.39, 0.29) is 0 Å². The summed E-state index contributed by atoms with van der Waals surface area (Å²) in [4.78, 5) is 0. The largest absolute Gasteiger partial charge is 0.353 e. The fourth-order valence-electron chi connectivity index (χ4n) is 3.40. The zero-order chi connectivity index (χ0) is 47.7. The maximum atomic E-state index is 9.40. The fourth-order valence-corrected chi connectivity index (χ4v) is 3.40. The number of halogens is 2. The van der Waals surface area contributed by atoms with Gasteiger partial charge in [0.1, 0.15) is 0 Å². The van der Waals surface area contributed by atoms with Crippen molar-refractivity contribution < 1.29 is 21.4 Å². The Bertz CT molecular complexity index is 1530. The van der Waals surface area contributed by atoms with E-state index in [0.717, 1.165) is 6.26 Å². The second kappa shape index (κ2) is 52.0. The lowest BCUT2D eigenvalue weighted by molar-refractivity contribution is 0.501. The Kier molecular flexibility index (Phi) is 59.5. The van der Waals surface area contributed by atoms with Crippen LogP contribution in [0.25, 0.3) is 32.3 Å². The van der Waals surface area contributed by atoms with E-state index in [2.05, 4.69) is 221 Å². The molecule has 0 aliphatic carbocycles. The molecule has 0 radical (unpaired) electrons. The second-order valence-electron chi connectivity index (χ2n) is 11.1. The summed E-state index contributed by atoms with van der Waals surface area (Å²) in [5.74, 6) is 0. The van der Waals surface area contributed by atoms with E-state index in [9.17, 15) is 8.42 Å². The Morgan fingerprint density at radius 3 is 0.483 bits per heavy atom. The highest BCUT2D eigenvalue weighted by atomic mass is 35.7. The molecule has 342 valence electrons. The molecular formula is C50H80Cl2O5S3. The average molecular weight is 928 g/mol. The summed E-state index contributed by atoms with van der Waals surface area (Å²) in [6, 6.07) is 50.1. The van der Waals surface area contributed by atoms with Crippen molar-refractivity contribution in [2.75, 3.05) is 12.5 Å². The summed E-state index contributed by atoms with van der Waals surface area (Å²) in [5, 5.41) is 7.86. The van der Waals surface area contributed by atoms with Gasteiger partial charge in [-0.05, 0) is 38.6 Å². The van der Waals surface area contributed by atoms with Crippen LogP contribution >= 0.6 is 34.0 Å². The van der Waals surface area contributed by atoms with E-state index < -0.39 is 18.4 Å². The number of fused-ring (bicyclic) bond motifs is 3. The fraction of sp³-hybridized carbons (Fsp3) is 0.400. The molecule has 0 aromatic heterocycles. The van der Waals surface area contributed by atoms with E-state index in [1.54, 1.807) is 6.26 Å². The quantitative estimate of drug-likeness (QED) is 0.105. The average Bonchev–Trinajstić information content (AvgIpc) is 3.29. The molecule has 0 atom stereocenters. The first-order chi connectivity index (χ1) is 28.6. The third kappa shape index (κ3) is 54.9. The summed E-state index contributed by atoms with van der Waals surface area (Å²) in [6.45, 7) is 25.1. The van der Waals surface area contributed by atoms with E-state index in [0.29, 0.717) is 0 Å². The molecule has 0 fully saturated rings. The number of benzene rings is 6. The molecule has 0 spiro atoms. The van der Waals surface area contributed by atoms with Crippen molar-refractivity contribution in [3.8, 4) is 0 Å². The molecule has 1 N–H and O–H groups in total. The maximum Gasteiger partial charge on any atom is 0.353 e. The van der Waals surface area contributed by atoms with Gasteiger partial charge in [-0.2, -0.15) is 21.0 Å². The van der Waals surface area contributed by atoms with Crippen molar-refractivity contribution in [1.82, 2.24) is 0 Å². The molecule has 60 heavy (non-hydrogen) atoms. The van der Waals surface area contributed by atoms with Crippen molar-refractivity contribution in [3.05, 3.63) is 146 Å². The molecule has 5 nitrogen and oxygen atoms in total. The highest BCUT2D eigenvalue weighted by Gasteiger charge is 1.88. The molecule has 0 saturated carbocycles. The van der Waals surface area contributed by atoms with Crippen molar-refractivity contribution in [2.45, 2.75) is 122 Å². The first-order valence-electron chi connectivity index (χ1n) is 21.0. The first-order valence-corrected chi connectivity index (χ1v) is 26.8. The molecule has 0 unspecified atom stereocenters. The topological polar surface area (TPSA) is 88.5 Å². The third-order valence-corrected chi connectivity index (χ3v) is 6.48. The summed E-state index contributed by atoms with van der Waals surface area (Å²) >= 11 is 3.53. The van der Waals surface area contributed by atoms with Crippen molar-refractivity contribution in [2.24, 2.45) is 0 Å². The van der Waals surface area contributed by atoms with E-state index in [4.69, 9.17) is 13.0 Å². The molecule has 0 aliphatic heterocycles. The number of hydrogen-bond donors (Lipinski definition) is 2. The number of unbranched alkanes of at least 4 members (excludes halogenated alkanes) is 3. The van der Waals surface area contributed by atoms with Crippen molar-refractivity contribution in [3.63, 3.8) is 0 Å². The predicted molar refractivity (Wildman–Crippen MR) is 281 cm³/mol. The Labute approximate surface area is 383 Å². The Morgan fingerprint density at radius 2 is 0.433 bits per heavy atom. The molecule has 6 rings (SSSR count). The van der Waals surface area contributed by atoms with Crippen molar-refractivity contribution in [1.29, 1.82) is 0 Å². The summed E-state index contributed by atoms with van der Waals surface area (Å²) in [7, 11) is 1.17. The highest BCUT2D eigenvalue weighted by Crippen LogP contribution is 2.13. The molecule has 6 aromatic rings. The monoisotopic (exact) mass is 926 g/mol. The number of rotatable bonds is 3. The minimum atomic E-state index is -4.19. The van der Waals surface area contributed by atoms with Gasteiger partial charge in [0.15, 0.2) is 0 Å².